The third-order valence-electron chi connectivity index (χ3n) is 3.96. The number of aromatic nitrogens is 2. The van der Waals surface area contributed by atoms with E-state index >= 15 is 0 Å². The lowest BCUT2D eigenvalue weighted by Gasteiger charge is -2.46. The van der Waals surface area contributed by atoms with E-state index in [1.54, 1.807) is 0 Å². The molecule has 0 N–H and O–H groups in total. The molecule has 3 fully saturated rings. The van der Waals surface area contributed by atoms with Crippen LogP contribution in [-0.2, 0) is 6.42 Å². The van der Waals surface area contributed by atoms with Gasteiger partial charge in [-0.05, 0) is 22.4 Å². The van der Waals surface area contributed by atoms with Gasteiger partial charge in [0, 0.05) is 32.7 Å². The zero-order valence-corrected chi connectivity index (χ0v) is 13.4. The Bertz CT molecular complexity index is 474. The van der Waals surface area contributed by atoms with E-state index in [0.717, 1.165) is 48.5 Å². The van der Waals surface area contributed by atoms with Crippen LogP contribution in [0.25, 0.3) is 0 Å². The lowest BCUT2D eigenvalue weighted by atomic mass is 10.1. The first-order valence-corrected chi connectivity index (χ1v) is 8.04. The highest BCUT2D eigenvalue weighted by atomic mass is 79.9. The van der Waals surface area contributed by atoms with Gasteiger partial charge in [0.1, 0.15) is 11.0 Å². The van der Waals surface area contributed by atoms with Gasteiger partial charge in [-0.3, -0.25) is 9.80 Å². The zero-order chi connectivity index (χ0) is 13.4. The molecule has 4 heterocycles. The molecule has 19 heavy (non-hydrogen) atoms. The monoisotopic (exact) mass is 344 g/mol. The summed E-state index contributed by atoms with van der Waals surface area (Å²) in [6.45, 7) is 7.75. The highest BCUT2D eigenvalue weighted by Crippen LogP contribution is 2.31. The van der Waals surface area contributed by atoms with Crippen molar-refractivity contribution in [2.45, 2.75) is 25.8 Å². The summed E-state index contributed by atoms with van der Waals surface area (Å²) in [6.07, 6.45) is 2.00. The molecule has 0 aromatic carbocycles. The Kier molecular flexibility index (Phi) is 4.08. The number of hydrogen-bond acceptors (Lipinski definition) is 4. The fourth-order valence-electron chi connectivity index (χ4n) is 2.90. The van der Waals surface area contributed by atoms with Gasteiger partial charge in [-0.1, -0.05) is 24.9 Å². The van der Waals surface area contributed by atoms with Gasteiger partial charge in [-0.15, -0.1) is 0 Å². The molecular weight excluding hydrogens is 328 g/mol. The quantitative estimate of drug-likeness (QED) is 0.788. The first kappa shape index (κ1) is 13.7. The first-order chi connectivity index (χ1) is 9.19. The van der Waals surface area contributed by atoms with Crippen LogP contribution in [0.4, 0.5) is 0 Å². The Balaban J connectivity index is 1.92. The third kappa shape index (κ3) is 2.66. The molecular formula is C13H18BrClN4. The van der Waals surface area contributed by atoms with E-state index in [2.05, 4.69) is 37.6 Å². The van der Waals surface area contributed by atoms with Crippen LogP contribution in [0.3, 0.4) is 0 Å². The molecule has 2 bridgehead atoms. The highest BCUT2D eigenvalue weighted by Gasteiger charge is 2.35. The first-order valence-electron chi connectivity index (χ1n) is 6.87. The summed E-state index contributed by atoms with van der Waals surface area (Å²) in [5.74, 6) is 0.890. The highest BCUT2D eigenvalue weighted by molar-refractivity contribution is 9.10. The zero-order valence-electron chi connectivity index (χ0n) is 11.1. The Labute approximate surface area is 127 Å². The van der Waals surface area contributed by atoms with Gasteiger partial charge in [0.15, 0.2) is 0 Å². The molecule has 0 aliphatic carbocycles. The van der Waals surface area contributed by atoms with E-state index in [-0.39, 0.29) is 0 Å². The molecule has 0 saturated carbocycles. The Morgan fingerprint density at radius 2 is 2.00 bits per heavy atom. The molecule has 1 aromatic rings. The number of halogens is 2. The number of aryl methyl sites for hydroxylation is 1. The van der Waals surface area contributed by atoms with E-state index in [9.17, 15) is 0 Å². The van der Waals surface area contributed by atoms with Crippen molar-refractivity contribution in [3.63, 3.8) is 0 Å². The summed E-state index contributed by atoms with van der Waals surface area (Å²) in [7, 11) is 0. The van der Waals surface area contributed by atoms with E-state index in [1.807, 2.05) is 0 Å². The normalized spacial score (nSPS) is 29.7. The molecule has 4 nitrogen and oxygen atoms in total. The molecule has 1 aromatic heterocycles. The Morgan fingerprint density at radius 1 is 1.26 bits per heavy atom. The maximum atomic E-state index is 6.25. The van der Waals surface area contributed by atoms with Gasteiger partial charge < -0.3 is 0 Å². The average Bonchev–Trinajstić information content (AvgIpc) is 2.45. The molecule has 3 aliphatic heterocycles. The van der Waals surface area contributed by atoms with Crippen molar-refractivity contribution >= 4 is 27.5 Å². The van der Waals surface area contributed by atoms with Crippen LogP contribution in [-0.4, -0.2) is 52.5 Å². The van der Waals surface area contributed by atoms with Crippen LogP contribution in [0.2, 0.25) is 5.15 Å². The summed E-state index contributed by atoms with van der Waals surface area (Å²) in [5.41, 5.74) is 1.04. The third-order valence-corrected chi connectivity index (χ3v) is 5.30. The molecule has 6 heteroatoms. The second-order valence-corrected chi connectivity index (χ2v) is 6.39. The van der Waals surface area contributed by atoms with Gasteiger partial charge in [-0.25, -0.2) is 9.97 Å². The lowest BCUT2D eigenvalue weighted by Crippen LogP contribution is -2.57. The maximum absolute atomic E-state index is 6.25. The van der Waals surface area contributed by atoms with Crippen molar-refractivity contribution in [3.8, 4) is 0 Å². The van der Waals surface area contributed by atoms with Crippen LogP contribution < -0.4 is 0 Å². The van der Waals surface area contributed by atoms with Gasteiger partial charge in [0.05, 0.1) is 16.2 Å². The maximum Gasteiger partial charge on any atom is 0.148 e. The van der Waals surface area contributed by atoms with Crippen LogP contribution in [0, 0.1) is 0 Å². The predicted octanol–water partition coefficient (Wildman–Crippen LogP) is 2.52. The Morgan fingerprint density at radius 3 is 2.58 bits per heavy atom. The molecule has 0 radical (unpaired) electrons. The van der Waals surface area contributed by atoms with Crippen molar-refractivity contribution in [2.75, 3.05) is 32.7 Å². The van der Waals surface area contributed by atoms with Crippen LogP contribution in [0.15, 0.2) is 4.47 Å². The summed E-state index contributed by atoms with van der Waals surface area (Å²) < 4.78 is 0.857. The summed E-state index contributed by atoms with van der Waals surface area (Å²) in [4.78, 5) is 14.2. The van der Waals surface area contributed by atoms with E-state index in [1.165, 1.54) is 13.1 Å². The second-order valence-electron chi connectivity index (χ2n) is 5.24. The molecule has 3 aliphatic rings. The van der Waals surface area contributed by atoms with Crippen LogP contribution in [0.5, 0.6) is 0 Å². The van der Waals surface area contributed by atoms with Crippen molar-refractivity contribution in [3.05, 3.63) is 21.1 Å². The molecule has 4 rings (SSSR count). The average molecular weight is 346 g/mol. The summed E-state index contributed by atoms with van der Waals surface area (Å²) in [6, 6.07) is 0.309. The Hall–Kier alpha value is -0.230. The summed E-state index contributed by atoms with van der Waals surface area (Å²) in [5, 5.41) is 0.547. The van der Waals surface area contributed by atoms with E-state index in [0.29, 0.717) is 11.2 Å². The molecule has 0 spiro atoms. The SMILES string of the molecule is CCCc1nc(C2CN3CCN2CC3)nc(Cl)c1Br. The number of rotatable bonds is 3. The van der Waals surface area contributed by atoms with Gasteiger partial charge in [0.2, 0.25) is 0 Å². The van der Waals surface area contributed by atoms with E-state index < -0.39 is 0 Å². The number of piperazine rings is 3. The number of nitrogens with zero attached hydrogens (tertiary/aromatic N) is 4. The van der Waals surface area contributed by atoms with E-state index in [4.69, 9.17) is 16.6 Å². The van der Waals surface area contributed by atoms with Crippen molar-refractivity contribution < 1.29 is 0 Å². The molecule has 0 amide bonds. The minimum Gasteiger partial charge on any atom is -0.299 e. The molecule has 3 saturated heterocycles. The molecule has 1 atom stereocenters. The number of hydrogen-bond donors (Lipinski definition) is 0. The van der Waals surface area contributed by atoms with Crippen molar-refractivity contribution in [1.82, 2.24) is 19.8 Å². The molecule has 104 valence electrons. The van der Waals surface area contributed by atoms with Crippen molar-refractivity contribution in [1.29, 1.82) is 0 Å². The molecule has 1 unspecified atom stereocenters. The minimum atomic E-state index is 0.309. The van der Waals surface area contributed by atoms with Gasteiger partial charge >= 0.3 is 0 Å². The second kappa shape index (κ2) is 5.64. The largest absolute Gasteiger partial charge is 0.299 e. The van der Waals surface area contributed by atoms with Gasteiger partial charge in [0.25, 0.3) is 0 Å². The summed E-state index contributed by atoms with van der Waals surface area (Å²) >= 11 is 9.75. The van der Waals surface area contributed by atoms with Crippen molar-refractivity contribution in [2.24, 2.45) is 0 Å². The topological polar surface area (TPSA) is 32.3 Å². The lowest BCUT2D eigenvalue weighted by molar-refractivity contribution is 0.00855. The smallest absolute Gasteiger partial charge is 0.148 e. The van der Waals surface area contributed by atoms with Gasteiger partial charge in [-0.2, -0.15) is 0 Å². The fourth-order valence-corrected chi connectivity index (χ4v) is 3.47. The van der Waals surface area contributed by atoms with Crippen LogP contribution in [0.1, 0.15) is 30.9 Å². The predicted molar refractivity (Wildman–Crippen MR) is 79.5 cm³/mol. The minimum absolute atomic E-state index is 0.309. The standard InChI is InChI=1S/C13H18BrClN4/c1-2-3-9-11(14)12(15)17-13(16-9)10-8-18-4-6-19(10)7-5-18/h10H,2-8H2,1H3. The number of fused-ring (bicyclic) bond motifs is 3. The van der Waals surface area contributed by atoms with Crippen LogP contribution >= 0.6 is 27.5 Å². The fraction of sp³-hybridized carbons (Fsp3) is 0.692.